The zero-order chi connectivity index (χ0) is 16.5. The van der Waals surface area contributed by atoms with Crippen LogP contribution in [0, 0.1) is 0 Å². The number of Topliss-reactive ketones (excluding diaryl/α,β-unsaturated/α-hetero) is 1. The minimum Gasteiger partial charge on any atom is -0.462 e. The zero-order valence-electron chi connectivity index (χ0n) is 12.6. The van der Waals surface area contributed by atoms with Crippen LogP contribution in [0.5, 0.6) is 0 Å². The summed E-state index contributed by atoms with van der Waals surface area (Å²) in [5.41, 5.74) is 0.754. The molecule has 22 heavy (non-hydrogen) atoms. The van der Waals surface area contributed by atoms with Crippen molar-refractivity contribution in [3.8, 4) is 0 Å². The lowest BCUT2D eigenvalue weighted by Crippen LogP contribution is -2.24. The Kier molecular flexibility index (Phi) is 7.80. The van der Waals surface area contributed by atoms with Gasteiger partial charge in [0.15, 0.2) is 0 Å². The molecule has 0 amide bonds. The molecule has 120 valence electrons. The Hall–Kier alpha value is -1.69. The van der Waals surface area contributed by atoms with Gasteiger partial charge in [-0.15, -0.1) is 0 Å². The molecular formula is C16H19BrO5. The Labute approximate surface area is 138 Å². The molecule has 1 rings (SSSR count). The molecule has 0 atom stereocenters. The van der Waals surface area contributed by atoms with Gasteiger partial charge in [0.05, 0.1) is 0 Å². The third-order valence-corrected chi connectivity index (χ3v) is 3.55. The third kappa shape index (κ3) is 6.39. The van der Waals surface area contributed by atoms with E-state index >= 15 is 0 Å². The van der Waals surface area contributed by atoms with Crippen LogP contribution in [-0.2, 0) is 30.5 Å². The maximum atomic E-state index is 11.6. The van der Waals surface area contributed by atoms with Crippen LogP contribution >= 0.6 is 15.9 Å². The second-order valence-electron chi connectivity index (χ2n) is 4.73. The van der Waals surface area contributed by atoms with E-state index in [0.717, 1.165) is 10.0 Å². The minimum absolute atomic E-state index is 0.0144. The number of hydrogen-bond donors (Lipinski definition) is 0. The minimum atomic E-state index is -1.02. The summed E-state index contributed by atoms with van der Waals surface area (Å²) >= 11 is 3.29. The molecule has 0 unspecified atom stereocenters. The predicted molar refractivity (Wildman–Crippen MR) is 84.0 cm³/mol. The Morgan fingerprint density at radius 2 is 1.68 bits per heavy atom. The average molecular weight is 371 g/mol. The molecule has 0 aromatic heterocycles. The van der Waals surface area contributed by atoms with Gasteiger partial charge in [-0.25, -0.2) is 4.79 Å². The molecule has 0 aliphatic heterocycles. The zero-order valence-corrected chi connectivity index (χ0v) is 14.2. The summed E-state index contributed by atoms with van der Waals surface area (Å²) in [5, 5.41) is 0. The number of carbonyl (C=O) groups excluding carboxylic acids is 3. The van der Waals surface area contributed by atoms with E-state index in [2.05, 4.69) is 15.9 Å². The Morgan fingerprint density at radius 1 is 1.09 bits per heavy atom. The van der Waals surface area contributed by atoms with E-state index in [4.69, 9.17) is 9.47 Å². The summed E-state index contributed by atoms with van der Waals surface area (Å²) in [6.07, 6.45) is 0.531. The highest BCUT2D eigenvalue weighted by Crippen LogP contribution is 2.11. The maximum Gasteiger partial charge on any atom is 0.375 e. The first-order valence-corrected chi connectivity index (χ1v) is 7.89. The van der Waals surface area contributed by atoms with E-state index in [1.54, 1.807) is 24.3 Å². The molecule has 6 heteroatoms. The van der Waals surface area contributed by atoms with Crippen molar-refractivity contribution in [2.75, 3.05) is 0 Å². The predicted octanol–water partition coefficient (Wildman–Crippen LogP) is 3.18. The number of benzene rings is 1. The second-order valence-corrected chi connectivity index (χ2v) is 5.65. The topological polar surface area (TPSA) is 69.7 Å². The molecule has 0 fully saturated rings. The van der Waals surface area contributed by atoms with Crippen LogP contribution in [0.15, 0.2) is 28.7 Å². The van der Waals surface area contributed by atoms with Crippen LogP contribution in [0.25, 0.3) is 0 Å². The maximum absolute atomic E-state index is 11.6. The van der Waals surface area contributed by atoms with Crippen molar-refractivity contribution in [1.82, 2.24) is 0 Å². The monoisotopic (exact) mass is 370 g/mol. The summed E-state index contributed by atoms with van der Waals surface area (Å²) in [5.74, 6) is -2.61. The van der Waals surface area contributed by atoms with E-state index in [0.29, 0.717) is 12.8 Å². The van der Waals surface area contributed by atoms with Gasteiger partial charge < -0.3 is 9.47 Å². The molecule has 0 heterocycles. The van der Waals surface area contributed by atoms with Crippen LogP contribution in [0.1, 0.15) is 38.7 Å². The summed E-state index contributed by atoms with van der Waals surface area (Å²) in [6, 6.07) is 7.14. The molecule has 0 aliphatic rings. The van der Waals surface area contributed by atoms with Crippen molar-refractivity contribution in [2.45, 2.75) is 45.8 Å². The summed E-state index contributed by atoms with van der Waals surface area (Å²) in [4.78, 5) is 34.7. The first kappa shape index (κ1) is 18.4. The van der Waals surface area contributed by atoms with Gasteiger partial charge in [-0.2, -0.15) is 0 Å². The molecule has 5 nitrogen and oxygen atoms in total. The fraction of sp³-hybridized carbons (Fsp3) is 0.438. The van der Waals surface area contributed by atoms with Gasteiger partial charge in [-0.05, 0) is 30.5 Å². The van der Waals surface area contributed by atoms with Crippen molar-refractivity contribution in [1.29, 1.82) is 0 Å². The number of rotatable bonds is 8. The number of ether oxygens (including phenoxy) is 2. The summed E-state index contributed by atoms with van der Waals surface area (Å²) in [7, 11) is 0. The van der Waals surface area contributed by atoms with Gasteiger partial charge >= 0.3 is 11.9 Å². The molecule has 0 aliphatic carbocycles. The average Bonchev–Trinajstić information content (AvgIpc) is 2.51. The highest BCUT2D eigenvalue weighted by atomic mass is 79.9. The van der Waals surface area contributed by atoms with Gasteiger partial charge in [0.2, 0.25) is 0 Å². The lowest BCUT2D eigenvalue weighted by Gasteiger charge is -2.13. The molecule has 1 aromatic rings. The van der Waals surface area contributed by atoms with Gasteiger partial charge in [0.25, 0.3) is 5.78 Å². The van der Waals surface area contributed by atoms with E-state index in [-0.39, 0.29) is 12.7 Å². The van der Waals surface area contributed by atoms with Crippen molar-refractivity contribution in [3.05, 3.63) is 34.3 Å². The fourth-order valence-electron chi connectivity index (χ4n) is 1.70. The Balaban J connectivity index is 2.40. The molecule has 0 bridgehead atoms. The van der Waals surface area contributed by atoms with Gasteiger partial charge in [-0.3, -0.25) is 9.59 Å². The largest absolute Gasteiger partial charge is 0.462 e. The molecule has 0 saturated carbocycles. The van der Waals surface area contributed by atoms with Crippen LogP contribution in [-0.4, -0.2) is 23.8 Å². The van der Waals surface area contributed by atoms with Gasteiger partial charge in [0.1, 0.15) is 19.1 Å². The standard InChI is InChI=1S/C16H19BrO5/c1-3-13(4-2)22-15(19)9-14(18)16(20)21-10-11-5-7-12(17)8-6-11/h5-8,13H,3-4,9-10H2,1-2H3. The SMILES string of the molecule is CCC(CC)OC(=O)CC(=O)C(=O)OCc1ccc(Br)cc1. The molecule has 0 N–H and O–H groups in total. The Bertz CT molecular complexity index is 520. The molecule has 0 spiro atoms. The summed E-state index contributed by atoms with van der Waals surface area (Å²) < 4.78 is 10.9. The van der Waals surface area contributed by atoms with Crippen LogP contribution in [0.3, 0.4) is 0 Å². The number of ketones is 1. The first-order valence-electron chi connectivity index (χ1n) is 7.10. The number of esters is 2. The second kappa shape index (κ2) is 9.35. The fourth-order valence-corrected chi connectivity index (χ4v) is 1.96. The highest BCUT2D eigenvalue weighted by Gasteiger charge is 2.22. The van der Waals surface area contributed by atoms with Gasteiger partial charge in [-0.1, -0.05) is 41.9 Å². The van der Waals surface area contributed by atoms with Crippen molar-refractivity contribution >= 4 is 33.7 Å². The Morgan fingerprint density at radius 3 is 2.23 bits per heavy atom. The normalized spacial score (nSPS) is 10.4. The van der Waals surface area contributed by atoms with E-state index in [1.807, 2.05) is 13.8 Å². The van der Waals surface area contributed by atoms with Crippen molar-refractivity contribution < 1.29 is 23.9 Å². The molecule has 0 saturated heterocycles. The molecule has 0 radical (unpaired) electrons. The third-order valence-electron chi connectivity index (χ3n) is 3.02. The number of carbonyl (C=O) groups is 3. The quantitative estimate of drug-likeness (QED) is 0.399. The molecular weight excluding hydrogens is 352 g/mol. The van der Waals surface area contributed by atoms with E-state index in [9.17, 15) is 14.4 Å². The van der Waals surface area contributed by atoms with Crippen LogP contribution in [0.2, 0.25) is 0 Å². The first-order chi connectivity index (χ1) is 10.5. The van der Waals surface area contributed by atoms with E-state index < -0.39 is 24.1 Å². The number of halogens is 1. The van der Waals surface area contributed by atoms with Gasteiger partial charge in [0, 0.05) is 4.47 Å². The van der Waals surface area contributed by atoms with E-state index in [1.165, 1.54) is 0 Å². The number of hydrogen-bond acceptors (Lipinski definition) is 5. The smallest absolute Gasteiger partial charge is 0.375 e. The highest BCUT2D eigenvalue weighted by molar-refractivity contribution is 9.10. The lowest BCUT2D eigenvalue weighted by molar-refractivity contribution is -0.160. The molecule has 1 aromatic carbocycles. The lowest BCUT2D eigenvalue weighted by atomic mass is 10.2. The summed E-state index contributed by atoms with van der Waals surface area (Å²) in [6.45, 7) is 3.75. The van der Waals surface area contributed by atoms with Crippen molar-refractivity contribution in [3.63, 3.8) is 0 Å². The van der Waals surface area contributed by atoms with Crippen molar-refractivity contribution in [2.24, 2.45) is 0 Å². The van der Waals surface area contributed by atoms with Crippen LogP contribution in [0.4, 0.5) is 0 Å². The van der Waals surface area contributed by atoms with Crippen LogP contribution < -0.4 is 0 Å².